The predicted octanol–water partition coefficient (Wildman–Crippen LogP) is 2.70. The first kappa shape index (κ1) is 17.6. The Hall–Kier alpha value is -0.170. The Kier molecular flexibility index (Phi) is 5.36. The number of piperidine rings is 1. The molecule has 1 aromatic heterocycles. The summed E-state index contributed by atoms with van der Waals surface area (Å²) < 4.78 is 6.27. The Labute approximate surface area is 148 Å². The van der Waals surface area contributed by atoms with Crippen molar-refractivity contribution in [1.29, 1.82) is 0 Å². The van der Waals surface area contributed by atoms with Crippen LogP contribution >= 0.6 is 22.9 Å². The van der Waals surface area contributed by atoms with Gasteiger partial charge in [0, 0.05) is 49.6 Å². The van der Waals surface area contributed by atoms with Gasteiger partial charge in [0.05, 0.1) is 23.2 Å². The number of ether oxygens (including phenoxy) is 1. The average molecular weight is 359 g/mol. The molecule has 3 rings (SSSR count). The van der Waals surface area contributed by atoms with E-state index in [1.54, 1.807) is 11.3 Å². The lowest BCUT2D eigenvalue weighted by molar-refractivity contribution is -0.140. The summed E-state index contributed by atoms with van der Waals surface area (Å²) in [7, 11) is 0. The lowest BCUT2D eigenvalue weighted by Gasteiger charge is -2.52. The van der Waals surface area contributed by atoms with Crippen LogP contribution in [0.1, 0.15) is 25.1 Å². The Morgan fingerprint density at radius 2 is 1.96 bits per heavy atom. The summed E-state index contributed by atoms with van der Waals surface area (Å²) in [6.07, 6.45) is 0.816. The zero-order chi connectivity index (χ0) is 16.5. The van der Waals surface area contributed by atoms with E-state index in [0.717, 1.165) is 63.2 Å². The molecule has 0 saturated carbocycles. The summed E-state index contributed by atoms with van der Waals surface area (Å²) in [5.74, 6) is 0. The van der Waals surface area contributed by atoms with Crippen molar-refractivity contribution in [3.63, 3.8) is 0 Å². The normalized spacial score (nSPS) is 29.7. The second-order valence-electron chi connectivity index (χ2n) is 7.47. The standard InChI is InChI=1S/C17H27ClN2O2S/c1-16(2)12-20(11-14-3-4-15(18)23-14)6-5-17(16,21)13-19-7-9-22-10-8-19/h3-4,21H,5-13H2,1-2H3/t17-/m1/s1. The van der Waals surface area contributed by atoms with Crippen LogP contribution in [0.25, 0.3) is 0 Å². The highest BCUT2D eigenvalue weighted by Gasteiger charge is 2.48. The highest BCUT2D eigenvalue weighted by molar-refractivity contribution is 7.16. The molecule has 1 aromatic rings. The molecule has 0 spiro atoms. The molecule has 2 aliphatic heterocycles. The van der Waals surface area contributed by atoms with Gasteiger partial charge in [0.2, 0.25) is 0 Å². The molecule has 2 aliphatic rings. The fourth-order valence-electron chi connectivity index (χ4n) is 3.68. The highest BCUT2D eigenvalue weighted by atomic mass is 35.5. The third-order valence-electron chi connectivity index (χ3n) is 5.32. The quantitative estimate of drug-likeness (QED) is 0.897. The summed E-state index contributed by atoms with van der Waals surface area (Å²) in [4.78, 5) is 6.08. The number of β-amino-alcohol motifs (C(OH)–C–C–N with tert-alkyl or cyclic N) is 1. The van der Waals surface area contributed by atoms with Gasteiger partial charge < -0.3 is 9.84 Å². The highest BCUT2D eigenvalue weighted by Crippen LogP contribution is 2.40. The van der Waals surface area contributed by atoms with Gasteiger partial charge in [-0.25, -0.2) is 0 Å². The minimum Gasteiger partial charge on any atom is -0.388 e. The van der Waals surface area contributed by atoms with Crippen LogP contribution in [0.2, 0.25) is 4.34 Å². The molecule has 23 heavy (non-hydrogen) atoms. The van der Waals surface area contributed by atoms with Crippen molar-refractivity contribution in [3.05, 3.63) is 21.3 Å². The van der Waals surface area contributed by atoms with Crippen LogP contribution < -0.4 is 0 Å². The summed E-state index contributed by atoms with van der Waals surface area (Å²) in [6.45, 7) is 11.3. The molecule has 3 heterocycles. The molecule has 1 N–H and O–H groups in total. The monoisotopic (exact) mass is 358 g/mol. The molecule has 4 nitrogen and oxygen atoms in total. The zero-order valence-corrected chi connectivity index (χ0v) is 15.6. The van der Waals surface area contributed by atoms with E-state index in [4.69, 9.17) is 16.3 Å². The minimum absolute atomic E-state index is 0.134. The number of halogens is 1. The number of nitrogens with zero attached hydrogens (tertiary/aromatic N) is 2. The van der Waals surface area contributed by atoms with E-state index in [0.29, 0.717) is 0 Å². The van der Waals surface area contributed by atoms with Gasteiger partial charge in [-0.3, -0.25) is 9.80 Å². The first-order chi connectivity index (χ1) is 10.9. The van der Waals surface area contributed by atoms with Crippen molar-refractivity contribution in [2.45, 2.75) is 32.4 Å². The molecule has 0 bridgehead atoms. The Balaban J connectivity index is 1.61. The molecule has 0 aliphatic carbocycles. The third-order valence-corrected chi connectivity index (χ3v) is 6.53. The van der Waals surface area contributed by atoms with E-state index in [1.165, 1.54) is 4.88 Å². The molecular formula is C17H27ClN2O2S. The Morgan fingerprint density at radius 3 is 2.57 bits per heavy atom. The Bertz CT molecular complexity index is 530. The van der Waals surface area contributed by atoms with Gasteiger partial charge in [-0.05, 0) is 18.6 Å². The van der Waals surface area contributed by atoms with Gasteiger partial charge in [0.25, 0.3) is 0 Å². The van der Waals surface area contributed by atoms with Gasteiger partial charge in [-0.15, -0.1) is 11.3 Å². The van der Waals surface area contributed by atoms with Crippen LogP contribution in [0.3, 0.4) is 0 Å². The van der Waals surface area contributed by atoms with E-state index in [-0.39, 0.29) is 5.41 Å². The third kappa shape index (κ3) is 4.09. The van der Waals surface area contributed by atoms with Crippen molar-refractivity contribution in [2.24, 2.45) is 5.41 Å². The number of aliphatic hydroxyl groups is 1. The van der Waals surface area contributed by atoms with Crippen LogP contribution in [0.15, 0.2) is 12.1 Å². The fraction of sp³-hybridized carbons (Fsp3) is 0.765. The molecular weight excluding hydrogens is 332 g/mol. The lowest BCUT2D eigenvalue weighted by atomic mass is 9.69. The lowest BCUT2D eigenvalue weighted by Crippen LogP contribution is -2.62. The van der Waals surface area contributed by atoms with E-state index in [2.05, 4.69) is 29.7 Å². The van der Waals surface area contributed by atoms with Crippen molar-refractivity contribution in [1.82, 2.24) is 9.80 Å². The van der Waals surface area contributed by atoms with Crippen LogP contribution in [0, 0.1) is 5.41 Å². The summed E-state index contributed by atoms with van der Waals surface area (Å²) >= 11 is 7.68. The smallest absolute Gasteiger partial charge is 0.0931 e. The van der Waals surface area contributed by atoms with Gasteiger partial charge in [0.15, 0.2) is 0 Å². The molecule has 130 valence electrons. The van der Waals surface area contributed by atoms with Gasteiger partial charge >= 0.3 is 0 Å². The summed E-state index contributed by atoms with van der Waals surface area (Å²) in [6, 6.07) is 4.07. The Morgan fingerprint density at radius 1 is 1.22 bits per heavy atom. The first-order valence-electron chi connectivity index (χ1n) is 8.37. The SMILES string of the molecule is CC1(C)CN(Cc2ccc(Cl)s2)CC[C@@]1(O)CN1CCOCC1. The van der Waals surface area contributed by atoms with Crippen molar-refractivity contribution in [3.8, 4) is 0 Å². The zero-order valence-electron chi connectivity index (χ0n) is 14.1. The second kappa shape index (κ2) is 6.98. The molecule has 2 fully saturated rings. The van der Waals surface area contributed by atoms with E-state index in [1.807, 2.05) is 6.07 Å². The number of hydrogen-bond donors (Lipinski definition) is 1. The number of morpholine rings is 1. The van der Waals surface area contributed by atoms with E-state index >= 15 is 0 Å². The molecule has 0 amide bonds. The van der Waals surface area contributed by atoms with Gasteiger partial charge in [0.1, 0.15) is 0 Å². The minimum atomic E-state index is -0.631. The topological polar surface area (TPSA) is 35.9 Å². The first-order valence-corrected chi connectivity index (χ1v) is 9.56. The van der Waals surface area contributed by atoms with Crippen LogP contribution in [-0.2, 0) is 11.3 Å². The number of thiophene rings is 1. The van der Waals surface area contributed by atoms with Crippen molar-refractivity contribution >= 4 is 22.9 Å². The molecule has 0 unspecified atom stereocenters. The maximum absolute atomic E-state index is 11.3. The average Bonchev–Trinajstić information content (AvgIpc) is 2.89. The summed E-state index contributed by atoms with van der Waals surface area (Å²) in [5, 5.41) is 11.3. The fourth-order valence-corrected chi connectivity index (χ4v) is 4.81. The molecule has 0 radical (unpaired) electrons. The largest absolute Gasteiger partial charge is 0.388 e. The van der Waals surface area contributed by atoms with Crippen LogP contribution in [0.5, 0.6) is 0 Å². The van der Waals surface area contributed by atoms with E-state index < -0.39 is 5.60 Å². The molecule has 0 aromatic carbocycles. The van der Waals surface area contributed by atoms with Crippen molar-refractivity contribution < 1.29 is 9.84 Å². The maximum atomic E-state index is 11.3. The summed E-state index contributed by atoms with van der Waals surface area (Å²) in [5.41, 5.74) is -0.765. The molecule has 6 heteroatoms. The molecule has 2 saturated heterocycles. The van der Waals surface area contributed by atoms with Crippen LogP contribution in [0.4, 0.5) is 0 Å². The van der Waals surface area contributed by atoms with E-state index in [9.17, 15) is 5.11 Å². The van der Waals surface area contributed by atoms with Gasteiger partial charge in [-0.2, -0.15) is 0 Å². The number of likely N-dealkylation sites (tertiary alicyclic amines) is 1. The second-order valence-corrected chi connectivity index (χ2v) is 9.27. The maximum Gasteiger partial charge on any atom is 0.0931 e. The van der Waals surface area contributed by atoms with Crippen LogP contribution in [-0.4, -0.2) is 66.4 Å². The van der Waals surface area contributed by atoms with Gasteiger partial charge in [-0.1, -0.05) is 25.4 Å². The number of hydrogen-bond acceptors (Lipinski definition) is 5. The van der Waals surface area contributed by atoms with Crippen molar-refractivity contribution in [2.75, 3.05) is 45.9 Å². The predicted molar refractivity (Wildman–Crippen MR) is 95.2 cm³/mol. The number of rotatable bonds is 4. The molecule has 1 atom stereocenters.